The van der Waals surface area contributed by atoms with E-state index in [-0.39, 0.29) is 11.8 Å². The van der Waals surface area contributed by atoms with Crippen molar-refractivity contribution in [2.24, 2.45) is 0 Å². The van der Waals surface area contributed by atoms with E-state index in [1.54, 1.807) is 0 Å². The summed E-state index contributed by atoms with van der Waals surface area (Å²) in [6.45, 7) is 4.60. The summed E-state index contributed by atoms with van der Waals surface area (Å²) in [6, 6.07) is 5.71. The lowest BCUT2D eigenvalue weighted by atomic mass is 9.92. The van der Waals surface area contributed by atoms with Crippen LogP contribution in [0.4, 0.5) is 5.69 Å². The number of ether oxygens (including phenoxy) is 1. The fraction of sp³-hybridized carbons (Fsp3) is 0.556. The highest BCUT2D eigenvalue weighted by atomic mass is 79.9. The van der Waals surface area contributed by atoms with Gasteiger partial charge in [0.1, 0.15) is 5.66 Å². The summed E-state index contributed by atoms with van der Waals surface area (Å²) in [7, 11) is 0. The van der Waals surface area contributed by atoms with E-state index in [1.165, 1.54) is 0 Å². The van der Waals surface area contributed by atoms with Crippen LogP contribution in [-0.2, 0) is 9.53 Å². The third-order valence-electron chi connectivity index (χ3n) is 5.39. The van der Waals surface area contributed by atoms with Gasteiger partial charge in [0, 0.05) is 49.2 Å². The Bertz CT molecular complexity index is 712. The monoisotopic (exact) mass is 422 g/mol. The van der Waals surface area contributed by atoms with Gasteiger partial charge in [0.25, 0.3) is 5.91 Å². The molecule has 0 bridgehead atoms. The van der Waals surface area contributed by atoms with Gasteiger partial charge in [-0.1, -0.05) is 15.9 Å². The number of anilines is 1. The number of carbonyl (C=O) groups excluding carboxylic acids is 2. The highest BCUT2D eigenvalue weighted by Gasteiger charge is 2.40. The molecule has 2 N–H and O–H groups in total. The molecule has 0 saturated carbocycles. The maximum absolute atomic E-state index is 12.5. The molecule has 8 heteroatoms. The predicted octanol–water partition coefficient (Wildman–Crippen LogP) is 1.26. The average molecular weight is 423 g/mol. The predicted molar refractivity (Wildman–Crippen MR) is 101 cm³/mol. The first-order valence-corrected chi connectivity index (χ1v) is 9.82. The number of fused-ring (bicyclic) bond motifs is 1. The summed E-state index contributed by atoms with van der Waals surface area (Å²) in [5, 5.41) is 6.66. The van der Waals surface area contributed by atoms with Gasteiger partial charge in [0.05, 0.1) is 25.3 Å². The summed E-state index contributed by atoms with van der Waals surface area (Å²) in [5.74, 6) is 0.123. The number of nitrogens with zero attached hydrogens (tertiary/aromatic N) is 2. The van der Waals surface area contributed by atoms with E-state index in [9.17, 15) is 9.59 Å². The molecule has 26 heavy (non-hydrogen) atoms. The Labute approximate surface area is 161 Å². The van der Waals surface area contributed by atoms with Crippen molar-refractivity contribution in [3.8, 4) is 0 Å². The molecule has 0 aliphatic carbocycles. The highest BCUT2D eigenvalue weighted by molar-refractivity contribution is 9.10. The van der Waals surface area contributed by atoms with Crippen LogP contribution in [0.5, 0.6) is 0 Å². The molecular weight excluding hydrogens is 400 g/mol. The average Bonchev–Trinajstić information content (AvgIpc) is 2.65. The van der Waals surface area contributed by atoms with E-state index in [0.29, 0.717) is 38.4 Å². The molecule has 3 aliphatic heterocycles. The van der Waals surface area contributed by atoms with Crippen LogP contribution < -0.4 is 10.6 Å². The summed E-state index contributed by atoms with van der Waals surface area (Å²) < 4.78 is 6.19. The first-order valence-electron chi connectivity index (χ1n) is 9.03. The summed E-state index contributed by atoms with van der Waals surface area (Å²) in [6.07, 6.45) is 1.54. The first kappa shape index (κ1) is 17.8. The number of hydrogen-bond donors (Lipinski definition) is 2. The molecule has 3 heterocycles. The van der Waals surface area contributed by atoms with Crippen LogP contribution in [0.3, 0.4) is 0 Å². The fourth-order valence-corrected chi connectivity index (χ4v) is 4.20. The summed E-state index contributed by atoms with van der Waals surface area (Å²) >= 11 is 3.41. The van der Waals surface area contributed by atoms with E-state index in [0.717, 1.165) is 36.1 Å². The molecule has 2 saturated heterocycles. The van der Waals surface area contributed by atoms with Crippen LogP contribution in [0, 0.1) is 0 Å². The molecule has 1 aromatic rings. The minimum Gasteiger partial charge on any atom is -0.378 e. The first-order chi connectivity index (χ1) is 12.5. The Balaban J connectivity index is 1.36. The second kappa shape index (κ2) is 7.17. The van der Waals surface area contributed by atoms with Gasteiger partial charge in [-0.2, -0.15) is 0 Å². The smallest absolute Gasteiger partial charge is 0.255 e. The molecule has 0 unspecified atom stereocenters. The van der Waals surface area contributed by atoms with Gasteiger partial charge in [0.2, 0.25) is 5.91 Å². The number of carbonyl (C=O) groups is 2. The molecule has 1 spiro atoms. The van der Waals surface area contributed by atoms with Crippen LogP contribution in [0.1, 0.15) is 23.2 Å². The summed E-state index contributed by atoms with van der Waals surface area (Å²) in [5.41, 5.74) is 1.11. The third-order valence-corrected chi connectivity index (χ3v) is 5.88. The topological polar surface area (TPSA) is 73.9 Å². The Morgan fingerprint density at radius 3 is 2.62 bits per heavy atom. The van der Waals surface area contributed by atoms with Gasteiger partial charge >= 0.3 is 0 Å². The normalized spacial score (nSPS) is 22.5. The molecule has 4 rings (SSSR count). The van der Waals surface area contributed by atoms with Crippen molar-refractivity contribution >= 4 is 33.4 Å². The van der Waals surface area contributed by atoms with Crippen LogP contribution in [0.15, 0.2) is 22.7 Å². The number of halogens is 1. The van der Waals surface area contributed by atoms with E-state index >= 15 is 0 Å². The van der Waals surface area contributed by atoms with E-state index < -0.39 is 5.66 Å². The SMILES string of the molecule is O=C1NC2(CCN(CC(=O)N3CCOCC3)CC2)Nc2ccc(Br)cc21. The lowest BCUT2D eigenvalue weighted by Gasteiger charge is -2.46. The lowest BCUT2D eigenvalue weighted by molar-refractivity contribution is -0.136. The lowest BCUT2D eigenvalue weighted by Crippen LogP contribution is -2.62. The molecular formula is C18H23BrN4O3. The zero-order valence-corrected chi connectivity index (χ0v) is 16.2. The Hall–Kier alpha value is -1.64. The maximum atomic E-state index is 12.5. The second-order valence-corrected chi connectivity index (χ2v) is 8.04. The number of morpholine rings is 1. The van der Waals surface area contributed by atoms with E-state index in [4.69, 9.17) is 4.74 Å². The van der Waals surface area contributed by atoms with Crippen molar-refractivity contribution in [3.63, 3.8) is 0 Å². The second-order valence-electron chi connectivity index (χ2n) is 7.12. The Morgan fingerprint density at radius 2 is 1.88 bits per heavy atom. The molecule has 7 nitrogen and oxygen atoms in total. The highest BCUT2D eigenvalue weighted by Crippen LogP contribution is 2.32. The number of likely N-dealkylation sites (tertiary alicyclic amines) is 1. The van der Waals surface area contributed by atoms with Crippen molar-refractivity contribution in [2.45, 2.75) is 18.5 Å². The van der Waals surface area contributed by atoms with E-state index in [1.807, 2.05) is 23.1 Å². The minimum absolute atomic E-state index is 0.0436. The number of amides is 2. The Morgan fingerprint density at radius 1 is 1.15 bits per heavy atom. The van der Waals surface area contributed by atoms with Crippen LogP contribution >= 0.6 is 15.9 Å². The standard InChI is InChI=1S/C18H23BrN4O3/c19-13-1-2-15-14(11-13)17(25)21-18(20-15)3-5-22(6-4-18)12-16(24)23-7-9-26-10-8-23/h1-2,11,20H,3-10,12H2,(H,21,25). The van der Waals surface area contributed by atoms with Gasteiger partial charge in [-0.05, 0) is 18.2 Å². The minimum atomic E-state index is -0.420. The van der Waals surface area contributed by atoms with Crippen LogP contribution in [0.2, 0.25) is 0 Å². The third kappa shape index (κ3) is 3.58. The largest absolute Gasteiger partial charge is 0.378 e. The van der Waals surface area contributed by atoms with Crippen molar-refractivity contribution in [1.29, 1.82) is 0 Å². The molecule has 0 radical (unpaired) electrons. The number of nitrogens with one attached hydrogen (secondary N) is 2. The molecule has 2 amide bonds. The van der Waals surface area contributed by atoms with Gasteiger partial charge in [-0.3, -0.25) is 14.5 Å². The van der Waals surface area contributed by atoms with Gasteiger partial charge in [-0.25, -0.2) is 0 Å². The van der Waals surface area contributed by atoms with Gasteiger partial charge < -0.3 is 20.3 Å². The molecule has 0 aromatic heterocycles. The molecule has 1 aromatic carbocycles. The van der Waals surface area contributed by atoms with Crippen molar-refractivity contribution in [2.75, 3.05) is 51.3 Å². The van der Waals surface area contributed by atoms with Crippen LogP contribution in [0.25, 0.3) is 0 Å². The van der Waals surface area contributed by atoms with Crippen molar-refractivity contribution in [1.82, 2.24) is 15.1 Å². The Kier molecular flexibility index (Phi) is 4.90. The zero-order valence-electron chi connectivity index (χ0n) is 14.6. The number of benzene rings is 1. The maximum Gasteiger partial charge on any atom is 0.255 e. The molecule has 140 valence electrons. The number of rotatable bonds is 2. The molecule has 3 aliphatic rings. The van der Waals surface area contributed by atoms with Crippen LogP contribution in [-0.4, -0.2) is 73.2 Å². The van der Waals surface area contributed by atoms with Gasteiger partial charge in [-0.15, -0.1) is 0 Å². The summed E-state index contributed by atoms with van der Waals surface area (Å²) in [4.78, 5) is 29.0. The van der Waals surface area contributed by atoms with Crippen molar-refractivity contribution < 1.29 is 14.3 Å². The quantitative estimate of drug-likeness (QED) is 0.750. The zero-order chi connectivity index (χ0) is 18.1. The fourth-order valence-electron chi connectivity index (χ4n) is 3.83. The van der Waals surface area contributed by atoms with Crippen molar-refractivity contribution in [3.05, 3.63) is 28.2 Å². The van der Waals surface area contributed by atoms with Gasteiger partial charge in [0.15, 0.2) is 0 Å². The molecule has 0 atom stereocenters. The molecule has 2 fully saturated rings. The van der Waals surface area contributed by atoms with E-state index in [2.05, 4.69) is 31.5 Å². The number of piperidine rings is 1. The number of hydrogen-bond acceptors (Lipinski definition) is 5.